The molecule has 1 fully saturated rings. The van der Waals surface area contributed by atoms with Gasteiger partial charge in [-0.25, -0.2) is 0 Å². The lowest BCUT2D eigenvalue weighted by Crippen LogP contribution is -2.38. The van der Waals surface area contributed by atoms with Crippen LogP contribution in [0.25, 0.3) is 0 Å². The van der Waals surface area contributed by atoms with E-state index in [1.165, 1.54) is 11.1 Å². The maximum absolute atomic E-state index is 12.9. The number of hydrogen-bond acceptors (Lipinski definition) is 4. The first kappa shape index (κ1) is 19.2. The number of carboxylic acids is 1. The van der Waals surface area contributed by atoms with Crippen LogP contribution in [0.5, 0.6) is 0 Å². The van der Waals surface area contributed by atoms with E-state index in [9.17, 15) is 9.59 Å². The Balaban J connectivity index is 1.39. The number of fused-ring (bicyclic) bond motifs is 1. The molecule has 0 spiro atoms. The van der Waals surface area contributed by atoms with Crippen molar-refractivity contribution in [2.45, 2.75) is 58.5 Å². The van der Waals surface area contributed by atoms with E-state index < -0.39 is 5.97 Å². The SMILES string of the molecule is Cc1nn(Cc2ccsc2)c2c1CCN(C(=O)CC1CCC(C(=O)O)CC1)C2. The predicted molar refractivity (Wildman–Crippen MR) is 107 cm³/mol. The van der Waals surface area contributed by atoms with Crippen molar-refractivity contribution in [1.29, 1.82) is 0 Å². The number of aryl methyl sites for hydroxylation is 1. The Morgan fingerprint density at radius 3 is 2.75 bits per heavy atom. The number of carboxylic acid groups (broad SMARTS) is 1. The minimum Gasteiger partial charge on any atom is -0.481 e. The molecule has 0 saturated heterocycles. The lowest BCUT2D eigenvalue weighted by Gasteiger charge is -2.31. The molecule has 0 bridgehead atoms. The third kappa shape index (κ3) is 3.99. The summed E-state index contributed by atoms with van der Waals surface area (Å²) in [5, 5.41) is 18.1. The molecule has 150 valence electrons. The average molecular weight is 402 g/mol. The van der Waals surface area contributed by atoms with Crippen molar-refractivity contribution in [2.24, 2.45) is 11.8 Å². The fourth-order valence-corrected chi connectivity index (χ4v) is 5.22. The van der Waals surface area contributed by atoms with Gasteiger partial charge in [-0.15, -0.1) is 0 Å². The number of rotatable bonds is 5. The summed E-state index contributed by atoms with van der Waals surface area (Å²) in [7, 11) is 0. The summed E-state index contributed by atoms with van der Waals surface area (Å²) in [5.74, 6) is -0.395. The molecular formula is C21H27N3O3S. The maximum Gasteiger partial charge on any atom is 0.306 e. The van der Waals surface area contributed by atoms with E-state index in [4.69, 9.17) is 10.2 Å². The van der Waals surface area contributed by atoms with Crippen molar-refractivity contribution in [3.8, 4) is 0 Å². The number of aromatic nitrogens is 2. The molecule has 0 unspecified atom stereocenters. The second kappa shape index (κ2) is 8.07. The fraction of sp³-hybridized carbons (Fsp3) is 0.571. The van der Waals surface area contributed by atoms with Gasteiger partial charge in [0.05, 0.1) is 30.4 Å². The van der Waals surface area contributed by atoms with Gasteiger partial charge >= 0.3 is 5.97 Å². The molecule has 2 aromatic rings. The highest BCUT2D eigenvalue weighted by atomic mass is 32.1. The third-order valence-electron chi connectivity index (χ3n) is 6.26. The summed E-state index contributed by atoms with van der Waals surface area (Å²) in [6, 6.07) is 2.12. The van der Waals surface area contributed by atoms with E-state index >= 15 is 0 Å². The molecule has 1 N–H and O–H groups in total. The summed E-state index contributed by atoms with van der Waals surface area (Å²) in [4.78, 5) is 26.0. The molecule has 1 amide bonds. The molecule has 2 aliphatic rings. The smallest absolute Gasteiger partial charge is 0.306 e. The van der Waals surface area contributed by atoms with Gasteiger partial charge in [-0.3, -0.25) is 14.3 Å². The molecule has 6 nitrogen and oxygen atoms in total. The Kier molecular flexibility index (Phi) is 5.53. The van der Waals surface area contributed by atoms with Gasteiger partial charge in [-0.2, -0.15) is 16.4 Å². The van der Waals surface area contributed by atoms with Crippen LogP contribution in [0.1, 0.15) is 54.6 Å². The second-order valence-corrected chi connectivity index (χ2v) is 8.91. The molecular weight excluding hydrogens is 374 g/mol. The summed E-state index contributed by atoms with van der Waals surface area (Å²) in [6.07, 6.45) is 4.49. The highest BCUT2D eigenvalue weighted by Crippen LogP contribution is 2.32. The van der Waals surface area contributed by atoms with Crippen LogP contribution in [0.2, 0.25) is 0 Å². The maximum atomic E-state index is 12.9. The quantitative estimate of drug-likeness (QED) is 0.832. The fourth-order valence-electron chi connectivity index (χ4n) is 4.56. The van der Waals surface area contributed by atoms with E-state index in [1.54, 1.807) is 11.3 Å². The monoisotopic (exact) mass is 401 g/mol. The summed E-state index contributed by atoms with van der Waals surface area (Å²) < 4.78 is 2.06. The van der Waals surface area contributed by atoms with Crippen LogP contribution in [0.3, 0.4) is 0 Å². The lowest BCUT2D eigenvalue weighted by atomic mass is 9.80. The molecule has 0 aromatic carbocycles. The summed E-state index contributed by atoms with van der Waals surface area (Å²) >= 11 is 1.69. The van der Waals surface area contributed by atoms with Crippen LogP contribution >= 0.6 is 11.3 Å². The zero-order chi connectivity index (χ0) is 19.7. The van der Waals surface area contributed by atoms with E-state index in [2.05, 4.69) is 28.4 Å². The molecule has 28 heavy (non-hydrogen) atoms. The van der Waals surface area contributed by atoms with Crippen molar-refractivity contribution >= 4 is 23.2 Å². The van der Waals surface area contributed by atoms with Crippen LogP contribution in [0.15, 0.2) is 16.8 Å². The number of thiophene rings is 1. The van der Waals surface area contributed by atoms with Gasteiger partial charge in [-0.1, -0.05) is 0 Å². The normalized spacial score (nSPS) is 22.1. The number of carbonyl (C=O) groups excluding carboxylic acids is 1. The van der Waals surface area contributed by atoms with Crippen molar-refractivity contribution in [3.05, 3.63) is 39.3 Å². The van der Waals surface area contributed by atoms with E-state index in [1.807, 2.05) is 4.90 Å². The highest BCUT2D eigenvalue weighted by molar-refractivity contribution is 7.07. The topological polar surface area (TPSA) is 75.4 Å². The van der Waals surface area contributed by atoms with Crippen LogP contribution in [-0.2, 0) is 29.1 Å². The van der Waals surface area contributed by atoms with E-state index in [-0.39, 0.29) is 11.8 Å². The van der Waals surface area contributed by atoms with Gasteiger partial charge in [-0.05, 0) is 72.9 Å². The van der Waals surface area contributed by atoms with Crippen molar-refractivity contribution < 1.29 is 14.7 Å². The van der Waals surface area contributed by atoms with E-state index in [0.717, 1.165) is 43.7 Å². The Bertz CT molecular complexity index is 851. The molecule has 3 heterocycles. The summed E-state index contributed by atoms with van der Waals surface area (Å²) in [6.45, 7) is 4.19. The zero-order valence-corrected chi connectivity index (χ0v) is 17.1. The largest absolute Gasteiger partial charge is 0.481 e. The van der Waals surface area contributed by atoms with Gasteiger partial charge in [0.15, 0.2) is 0 Å². The van der Waals surface area contributed by atoms with Gasteiger partial charge in [0.1, 0.15) is 0 Å². The Labute approximate surface area is 169 Å². The summed E-state index contributed by atoms with van der Waals surface area (Å²) in [5.41, 5.74) is 4.78. The first-order chi connectivity index (χ1) is 13.5. The van der Waals surface area contributed by atoms with Crippen LogP contribution in [0, 0.1) is 18.8 Å². The van der Waals surface area contributed by atoms with Gasteiger partial charge < -0.3 is 10.0 Å². The van der Waals surface area contributed by atoms with Gasteiger partial charge in [0.25, 0.3) is 0 Å². The number of nitrogens with zero attached hydrogens (tertiary/aromatic N) is 3. The van der Waals surface area contributed by atoms with Crippen LogP contribution in [0.4, 0.5) is 0 Å². The van der Waals surface area contributed by atoms with Crippen molar-refractivity contribution in [2.75, 3.05) is 6.54 Å². The first-order valence-electron chi connectivity index (χ1n) is 10.1. The highest BCUT2D eigenvalue weighted by Gasteiger charge is 2.30. The minimum absolute atomic E-state index is 0.199. The molecule has 0 radical (unpaired) electrons. The number of aliphatic carboxylic acids is 1. The molecule has 1 aliphatic heterocycles. The number of carbonyl (C=O) groups is 2. The number of hydrogen-bond donors (Lipinski definition) is 1. The molecule has 0 atom stereocenters. The van der Waals surface area contributed by atoms with Crippen molar-refractivity contribution in [1.82, 2.24) is 14.7 Å². The molecule has 1 saturated carbocycles. The van der Waals surface area contributed by atoms with Crippen molar-refractivity contribution in [3.63, 3.8) is 0 Å². The molecule has 2 aromatic heterocycles. The Morgan fingerprint density at radius 2 is 2.07 bits per heavy atom. The standard InChI is InChI=1S/C21H27N3O3S/c1-14-18-6-8-23(12-19(18)24(22-14)11-16-7-9-28-13-16)20(25)10-15-2-4-17(5-3-15)21(26)27/h7,9,13,15,17H,2-6,8,10-12H2,1H3,(H,26,27). The first-order valence-corrected chi connectivity index (χ1v) is 11.0. The molecule has 7 heteroatoms. The number of amides is 1. The second-order valence-electron chi connectivity index (χ2n) is 8.13. The van der Waals surface area contributed by atoms with Gasteiger partial charge in [0, 0.05) is 13.0 Å². The zero-order valence-electron chi connectivity index (χ0n) is 16.3. The molecule has 1 aliphatic carbocycles. The molecule has 4 rings (SSSR count). The Hall–Kier alpha value is -2.15. The van der Waals surface area contributed by atoms with Crippen LogP contribution < -0.4 is 0 Å². The van der Waals surface area contributed by atoms with Gasteiger partial charge in [0.2, 0.25) is 5.91 Å². The third-order valence-corrected chi connectivity index (χ3v) is 7.00. The van der Waals surface area contributed by atoms with E-state index in [0.29, 0.717) is 31.7 Å². The minimum atomic E-state index is -0.692. The average Bonchev–Trinajstić information content (AvgIpc) is 3.30. The van der Waals surface area contributed by atoms with Crippen LogP contribution in [-0.4, -0.2) is 38.2 Å². The predicted octanol–water partition coefficient (Wildman–Crippen LogP) is 3.47. The Morgan fingerprint density at radius 1 is 1.29 bits per heavy atom. The lowest BCUT2D eigenvalue weighted by molar-refractivity contribution is -0.143.